The summed E-state index contributed by atoms with van der Waals surface area (Å²) < 4.78 is 48.9. The van der Waals surface area contributed by atoms with Gasteiger partial charge in [0.05, 0.1) is 12.7 Å². The van der Waals surface area contributed by atoms with E-state index >= 15 is 0 Å². The number of methoxy groups -OCH3 is 1. The molecule has 1 amide bonds. The smallest absolute Gasteiger partial charge is 0.416 e. The van der Waals surface area contributed by atoms with Crippen LogP contribution in [0.25, 0.3) is 6.08 Å². The number of nitrogens with one attached hydrogen (secondary N) is 1. The molecule has 0 bridgehead atoms. The van der Waals surface area contributed by atoms with E-state index in [4.69, 9.17) is 15.9 Å². The van der Waals surface area contributed by atoms with E-state index in [1.807, 2.05) is 0 Å². The van der Waals surface area contributed by atoms with Gasteiger partial charge in [-0.05, 0) is 36.4 Å². The van der Waals surface area contributed by atoms with E-state index in [2.05, 4.69) is 11.2 Å². The summed E-state index contributed by atoms with van der Waals surface area (Å²) in [4.78, 5) is 12.4. The van der Waals surface area contributed by atoms with Crippen LogP contribution < -0.4 is 14.8 Å². The summed E-state index contributed by atoms with van der Waals surface area (Å²) >= 11 is 0. The maximum Gasteiger partial charge on any atom is 0.416 e. The third-order valence-corrected chi connectivity index (χ3v) is 3.64. The number of hydrogen-bond donors (Lipinski definition) is 1. The molecule has 2 aromatic carbocycles. The Bertz CT molecular complexity index is 1020. The molecule has 0 saturated carbocycles. The molecule has 29 heavy (non-hydrogen) atoms. The van der Waals surface area contributed by atoms with Crippen molar-refractivity contribution in [3.63, 3.8) is 0 Å². The Kier molecular flexibility index (Phi) is 6.89. The van der Waals surface area contributed by atoms with E-state index in [1.165, 1.54) is 25.3 Å². The van der Waals surface area contributed by atoms with Crippen LogP contribution in [0.5, 0.6) is 11.5 Å². The van der Waals surface area contributed by atoms with Crippen molar-refractivity contribution in [1.82, 2.24) is 0 Å². The molecule has 0 saturated heterocycles. The zero-order chi connectivity index (χ0) is 21.4. The van der Waals surface area contributed by atoms with Gasteiger partial charge in [-0.25, -0.2) is 0 Å². The number of terminal acetylenes is 1. The highest BCUT2D eigenvalue weighted by Gasteiger charge is 2.30. The number of ether oxygens (including phenoxy) is 2. The molecule has 2 rings (SSSR count). The monoisotopic (exact) mass is 400 g/mol. The van der Waals surface area contributed by atoms with Crippen LogP contribution in [-0.2, 0) is 11.0 Å². The van der Waals surface area contributed by atoms with Gasteiger partial charge in [0.15, 0.2) is 0 Å². The minimum absolute atomic E-state index is 0.0493. The number of anilines is 1. The molecule has 0 atom stereocenters. The molecule has 1 N–H and O–H groups in total. The lowest BCUT2D eigenvalue weighted by Gasteiger charge is -2.11. The molecule has 0 unspecified atom stereocenters. The van der Waals surface area contributed by atoms with Crippen molar-refractivity contribution >= 4 is 17.7 Å². The van der Waals surface area contributed by atoms with E-state index < -0.39 is 17.6 Å². The molecule has 0 fully saturated rings. The van der Waals surface area contributed by atoms with Crippen LogP contribution in [-0.4, -0.2) is 19.6 Å². The van der Waals surface area contributed by atoms with Gasteiger partial charge in [-0.1, -0.05) is 12.0 Å². The van der Waals surface area contributed by atoms with Crippen LogP contribution in [0.15, 0.2) is 48.0 Å². The molecular formula is C21H15F3N2O3. The van der Waals surface area contributed by atoms with Crippen LogP contribution in [0.2, 0.25) is 0 Å². The number of carbonyl (C=O) groups excluding carboxylic acids is 1. The molecule has 0 radical (unpaired) electrons. The molecule has 0 aromatic heterocycles. The molecule has 2 aromatic rings. The quantitative estimate of drug-likeness (QED) is 0.447. The van der Waals surface area contributed by atoms with Gasteiger partial charge >= 0.3 is 6.18 Å². The van der Waals surface area contributed by atoms with Crippen molar-refractivity contribution in [2.24, 2.45) is 0 Å². The fourth-order valence-electron chi connectivity index (χ4n) is 2.28. The first kappa shape index (κ1) is 21.4. The number of benzene rings is 2. The largest absolute Gasteiger partial charge is 0.497 e. The minimum Gasteiger partial charge on any atom is -0.497 e. The zero-order valence-electron chi connectivity index (χ0n) is 15.2. The summed E-state index contributed by atoms with van der Waals surface area (Å²) in [6.45, 7) is -0.0493. The Labute approximate surface area is 165 Å². The first-order valence-corrected chi connectivity index (χ1v) is 8.13. The molecule has 5 nitrogen and oxygen atoms in total. The molecule has 0 spiro atoms. The summed E-state index contributed by atoms with van der Waals surface area (Å²) in [5.41, 5.74) is -0.975. The lowest BCUT2D eigenvalue weighted by Crippen LogP contribution is -2.14. The Hall–Kier alpha value is -3.91. The van der Waals surface area contributed by atoms with Crippen LogP contribution in [0, 0.1) is 23.7 Å². The molecule has 0 aliphatic rings. The number of carbonyl (C=O) groups is 1. The minimum atomic E-state index is -4.55. The van der Waals surface area contributed by atoms with Crippen LogP contribution in [0.3, 0.4) is 0 Å². The van der Waals surface area contributed by atoms with Gasteiger partial charge in [-0.3, -0.25) is 4.79 Å². The van der Waals surface area contributed by atoms with Gasteiger partial charge in [0.25, 0.3) is 5.91 Å². The molecule has 8 heteroatoms. The standard InChI is InChI=1S/C21H15F3N2O3/c1-3-9-29-19-12-18(28-2)8-7-14(19)10-15(13-25)20(27)26-17-6-4-5-16(11-17)21(22,23)24/h1,4-8,10-12H,9H2,2H3,(H,26,27)/b15-10+. The third-order valence-electron chi connectivity index (χ3n) is 3.64. The van der Waals surface area contributed by atoms with Gasteiger partial charge in [-0.2, -0.15) is 18.4 Å². The second kappa shape index (κ2) is 9.34. The first-order chi connectivity index (χ1) is 13.8. The highest BCUT2D eigenvalue weighted by molar-refractivity contribution is 6.09. The van der Waals surface area contributed by atoms with Crippen molar-refractivity contribution in [1.29, 1.82) is 5.26 Å². The summed E-state index contributed by atoms with van der Waals surface area (Å²) in [6, 6.07) is 10.5. The van der Waals surface area contributed by atoms with E-state index in [0.717, 1.165) is 18.2 Å². The van der Waals surface area contributed by atoms with Crippen molar-refractivity contribution < 1.29 is 27.4 Å². The lowest BCUT2D eigenvalue weighted by molar-refractivity contribution is -0.137. The highest BCUT2D eigenvalue weighted by atomic mass is 19.4. The van der Waals surface area contributed by atoms with Crippen molar-refractivity contribution in [2.45, 2.75) is 6.18 Å². The van der Waals surface area contributed by atoms with Gasteiger partial charge < -0.3 is 14.8 Å². The molecule has 0 aliphatic heterocycles. The van der Waals surface area contributed by atoms with Gasteiger partial charge in [0.1, 0.15) is 29.7 Å². The molecule has 0 aliphatic carbocycles. The fraction of sp³-hybridized carbons (Fsp3) is 0.143. The van der Waals surface area contributed by atoms with E-state index in [-0.39, 0.29) is 23.6 Å². The van der Waals surface area contributed by atoms with E-state index in [0.29, 0.717) is 11.3 Å². The normalized spacial score (nSPS) is 11.2. The average molecular weight is 400 g/mol. The first-order valence-electron chi connectivity index (χ1n) is 8.13. The van der Waals surface area contributed by atoms with Gasteiger partial charge in [0, 0.05) is 17.3 Å². The average Bonchev–Trinajstić information content (AvgIpc) is 2.70. The number of nitrogens with zero attached hydrogens (tertiary/aromatic N) is 1. The maximum absolute atomic E-state index is 12.8. The molecular weight excluding hydrogens is 385 g/mol. The second-order valence-corrected chi connectivity index (χ2v) is 5.60. The van der Waals surface area contributed by atoms with Crippen LogP contribution >= 0.6 is 0 Å². The Morgan fingerprint density at radius 2 is 2.03 bits per heavy atom. The van der Waals surface area contributed by atoms with Crippen molar-refractivity contribution in [3.8, 4) is 29.9 Å². The Morgan fingerprint density at radius 1 is 1.28 bits per heavy atom. The summed E-state index contributed by atoms with van der Waals surface area (Å²) in [7, 11) is 1.46. The summed E-state index contributed by atoms with van der Waals surface area (Å²) in [5.74, 6) is 2.18. The number of amides is 1. The van der Waals surface area contributed by atoms with Crippen molar-refractivity contribution in [2.75, 3.05) is 19.0 Å². The van der Waals surface area contributed by atoms with E-state index in [9.17, 15) is 23.2 Å². The number of halogens is 3. The zero-order valence-corrected chi connectivity index (χ0v) is 15.2. The molecule has 148 valence electrons. The predicted octanol–water partition coefficient (Wildman–Crippen LogP) is 4.27. The Morgan fingerprint density at radius 3 is 2.66 bits per heavy atom. The lowest BCUT2D eigenvalue weighted by atomic mass is 10.1. The fourth-order valence-corrected chi connectivity index (χ4v) is 2.28. The summed E-state index contributed by atoms with van der Waals surface area (Å²) in [5, 5.41) is 11.6. The number of hydrogen-bond acceptors (Lipinski definition) is 4. The number of rotatable bonds is 6. The SMILES string of the molecule is C#CCOc1cc(OC)ccc1/C=C(\C#N)C(=O)Nc1cccc(C(F)(F)F)c1. The maximum atomic E-state index is 12.8. The molecule has 0 heterocycles. The van der Waals surface area contributed by atoms with Crippen molar-refractivity contribution in [3.05, 3.63) is 59.2 Å². The summed E-state index contributed by atoms with van der Waals surface area (Å²) in [6.07, 6.45) is 1.87. The second-order valence-electron chi connectivity index (χ2n) is 5.60. The Balaban J connectivity index is 2.32. The third kappa shape index (κ3) is 5.78. The van der Waals surface area contributed by atoms with Gasteiger partial charge in [0.2, 0.25) is 0 Å². The highest BCUT2D eigenvalue weighted by Crippen LogP contribution is 2.31. The van der Waals surface area contributed by atoms with Crippen LogP contribution in [0.4, 0.5) is 18.9 Å². The van der Waals surface area contributed by atoms with Crippen LogP contribution in [0.1, 0.15) is 11.1 Å². The predicted molar refractivity (Wildman–Crippen MR) is 101 cm³/mol. The van der Waals surface area contributed by atoms with E-state index in [1.54, 1.807) is 18.2 Å². The van der Waals surface area contributed by atoms with Gasteiger partial charge in [-0.15, -0.1) is 6.42 Å². The number of nitriles is 1. The topological polar surface area (TPSA) is 71.3 Å². The number of alkyl halides is 3.